The predicted molar refractivity (Wildman–Crippen MR) is 78.2 cm³/mol. The minimum atomic E-state index is -0.487. The minimum absolute atomic E-state index is 0.200. The third-order valence-corrected chi connectivity index (χ3v) is 3.02. The van der Waals surface area contributed by atoms with Gasteiger partial charge in [0.2, 0.25) is 0 Å². The molecule has 0 aliphatic heterocycles. The predicted octanol–water partition coefficient (Wildman–Crippen LogP) is 1.58. The molecule has 0 aliphatic carbocycles. The van der Waals surface area contributed by atoms with Gasteiger partial charge in [-0.15, -0.1) is 10.2 Å². The zero-order chi connectivity index (χ0) is 15.2. The highest BCUT2D eigenvalue weighted by Gasteiger charge is 2.07. The summed E-state index contributed by atoms with van der Waals surface area (Å²) < 4.78 is 6.55. The van der Waals surface area contributed by atoms with Crippen molar-refractivity contribution in [3.8, 4) is 0 Å². The molecule has 2 aromatic rings. The number of anilines is 1. The normalized spacial score (nSPS) is 10.4. The van der Waals surface area contributed by atoms with Crippen molar-refractivity contribution in [1.29, 1.82) is 0 Å². The molecule has 0 bridgehead atoms. The van der Waals surface area contributed by atoms with Gasteiger partial charge in [0.15, 0.2) is 5.69 Å². The molecule has 0 radical (unpaired) electrons. The number of hydrogen-bond acceptors (Lipinski definition) is 6. The standard InChI is InChI=1S/C14H19N5O2/c1-10-9-11(2)19(18-10)8-4-7-15-13-6-5-12(16-17-13)14(20)21-3/h5-6,9H,4,7-8H2,1-3H3,(H,15,17). The second kappa shape index (κ2) is 6.83. The molecule has 0 saturated heterocycles. The second-order valence-corrected chi connectivity index (χ2v) is 4.73. The van der Waals surface area contributed by atoms with Gasteiger partial charge in [-0.25, -0.2) is 4.79 Å². The molecular formula is C14H19N5O2. The van der Waals surface area contributed by atoms with Crippen molar-refractivity contribution in [2.75, 3.05) is 19.0 Å². The number of esters is 1. The number of ether oxygens (including phenoxy) is 1. The lowest BCUT2D eigenvalue weighted by Gasteiger charge is -2.06. The van der Waals surface area contributed by atoms with E-state index < -0.39 is 5.97 Å². The van der Waals surface area contributed by atoms with Gasteiger partial charge < -0.3 is 10.1 Å². The van der Waals surface area contributed by atoms with Gasteiger partial charge in [-0.2, -0.15) is 5.10 Å². The molecule has 0 unspecified atom stereocenters. The maximum atomic E-state index is 11.2. The average molecular weight is 289 g/mol. The van der Waals surface area contributed by atoms with Gasteiger partial charge in [-0.3, -0.25) is 4.68 Å². The van der Waals surface area contributed by atoms with Crippen molar-refractivity contribution in [3.05, 3.63) is 35.3 Å². The maximum absolute atomic E-state index is 11.2. The van der Waals surface area contributed by atoms with E-state index in [1.807, 2.05) is 18.5 Å². The highest BCUT2D eigenvalue weighted by Crippen LogP contribution is 2.05. The molecule has 0 saturated carbocycles. The molecule has 2 aromatic heterocycles. The van der Waals surface area contributed by atoms with E-state index in [1.165, 1.54) is 7.11 Å². The first-order valence-electron chi connectivity index (χ1n) is 6.77. The fourth-order valence-corrected chi connectivity index (χ4v) is 1.99. The van der Waals surface area contributed by atoms with Crippen LogP contribution in [0.5, 0.6) is 0 Å². The minimum Gasteiger partial charge on any atom is -0.464 e. The lowest BCUT2D eigenvalue weighted by molar-refractivity contribution is 0.0593. The number of aryl methyl sites for hydroxylation is 3. The lowest BCUT2D eigenvalue weighted by Crippen LogP contribution is -2.11. The first-order chi connectivity index (χ1) is 10.1. The van der Waals surface area contributed by atoms with Crippen molar-refractivity contribution >= 4 is 11.8 Å². The molecule has 0 atom stereocenters. The highest BCUT2D eigenvalue weighted by atomic mass is 16.5. The zero-order valence-corrected chi connectivity index (χ0v) is 12.5. The Morgan fingerprint density at radius 1 is 1.33 bits per heavy atom. The molecule has 112 valence electrons. The summed E-state index contributed by atoms with van der Waals surface area (Å²) in [6.45, 7) is 5.63. The van der Waals surface area contributed by atoms with Gasteiger partial charge in [0, 0.05) is 18.8 Å². The van der Waals surface area contributed by atoms with Crippen LogP contribution in [0.1, 0.15) is 28.3 Å². The molecule has 2 heterocycles. The van der Waals surface area contributed by atoms with Gasteiger partial charge in [0.1, 0.15) is 5.82 Å². The van der Waals surface area contributed by atoms with Crippen LogP contribution in [0.15, 0.2) is 18.2 Å². The van der Waals surface area contributed by atoms with E-state index in [4.69, 9.17) is 0 Å². The van der Waals surface area contributed by atoms with Crippen LogP contribution in [-0.2, 0) is 11.3 Å². The van der Waals surface area contributed by atoms with E-state index >= 15 is 0 Å². The summed E-state index contributed by atoms with van der Waals surface area (Å²) in [7, 11) is 1.31. The molecule has 21 heavy (non-hydrogen) atoms. The Bertz CT molecular complexity index is 606. The number of rotatable bonds is 6. The number of carbonyl (C=O) groups excluding carboxylic acids is 1. The number of aromatic nitrogens is 4. The summed E-state index contributed by atoms with van der Waals surface area (Å²) in [5.41, 5.74) is 2.39. The fourth-order valence-electron chi connectivity index (χ4n) is 1.99. The molecule has 0 fully saturated rings. The Morgan fingerprint density at radius 3 is 2.71 bits per heavy atom. The number of carbonyl (C=O) groups is 1. The van der Waals surface area contributed by atoms with Crippen LogP contribution in [0.4, 0.5) is 5.82 Å². The molecule has 2 rings (SSSR count). The number of methoxy groups -OCH3 is 1. The Balaban J connectivity index is 1.78. The summed E-state index contributed by atoms with van der Waals surface area (Å²) in [6, 6.07) is 5.36. The third-order valence-electron chi connectivity index (χ3n) is 3.02. The van der Waals surface area contributed by atoms with E-state index in [2.05, 4.69) is 31.4 Å². The number of nitrogens with zero attached hydrogens (tertiary/aromatic N) is 4. The van der Waals surface area contributed by atoms with Crippen LogP contribution < -0.4 is 5.32 Å². The Morgan fingerprint density at radius 2 is 2.14 bits per heavy atom. The van der Waals surface area contributed by atoms with Crippen molar-refractivity contribution in [2.45, 2.75) is 26.8 Å². The van der Waals surface area contributed by atoms with Crippen LogP contribution in [0.3, 0.4) is 0 Å². The van der Waals surface area contributed by atoms with Crippen LogP contribution in [0.2, 0.25) is 0 Å². The van der Waals surface area contributed by atoms with Crippen LogP contribution >= 0.6 is 0 Å². The Kier molecular flexibility index (Phi) is 4.86. The van der Waals surface area contributed by atoms with Crippen molar-refractivity contribution in [3.63, 3.8) is 0 Å². The first-order valence-corrected chi connectivity index (χ1v) is 6.77. The lowest BCUT2D eigenvalue weighted by atomic mass is 10.3. The maximum Gasteiger partial charge on any atom is 0.358 e. The molecule has 0 aliphatic rings. The quantitative estimate of drug-likeness (QED) is 0.642. The van der Waals surface area contributed by atoms with E-state index in [9.17, 15) is 4.79 Å². The van der Waals surface area contributed by atoms with Crippen LogP contribution in [-0.4, -0.2) is 39.6 Å². The molecule has 7 heteroatoms. The molecule has 7 nitrogen and oxygen atoms in total. The molecule has 0 aromatic carbocycles. The molecule has 0 spiro atoms. The SMILES string of the molecule is COC(=O)c1ccc(NCCCn2nc(C)cc2C)nn1. The first kappa shape index (κ1) is 15.0. The summed E-state index contributed by atoms with van der Waals surface area (Å²) in [5.74, 6) is 0.148. The highest BCUT2D eigenvalue weighted by molar-refractivity contribution is 5.86. The summed E-state index contributed by atoms with van der Waals surface area (Å²) in [5, 5.41) is 15.3. The summed E-state index contributed by atoms with van der Waals surface area (Å²) in [4.78, 5) is 11.2. The van der Waals surface area contributed by atoms with Crippen LogP contribution in [0, 0.1) is 13.8 Å². The fraction of sp³-hybridized carbons (Fsp3) is 0.429. The zero-order valence-electron chi connectivity index (χ0n) is 12.5. The molecular weight excluding hydrogens is 270 g/mol. The van der Waals surface area contributed by atoms with Gasteiger partial charge in [-0.1, -0.05) is 0 Å². The number of nitrogens with one attached hydrogen (secondary N) is 1. The molecule has 0 amide bonds. The van der Waals surface area contributed by atoms with Crippen molar-refractivity contribution in [2.24, 2.45) is 0 Å². The van der Waals surface area contributed by atoms with E-state index in [0.717, 1.165) is 30.9 Å². The van der Waals surface area contributed by atoms with Crippen LogP contribution in [0.25, 0.3) is 0 Å². The molecule has 1 N–H and O–H groups in total. The smallest absolute Gasteiger partial charge is 0.358 e. The van der Waals surface area contributed by atoms with Gasteiger partial charge in [0.05, 0.1) is 12.8 Å². The van der Waals surface area contributed by atoms with Crippen molar-refractivity contribution < 1.29 is 9.53 Å². The van der Waals surface area contributed by atoms with E-state index in [0.29, 0.717) is 5.82 Å². The Labute approximate surface area is 123 Å². The van der Waals surface area contributed by atoms with Gasteiger partial charge in [-0.05, 0) is 38.5 Å². The van der Waals surface area contributed by atoms with E-state index in [1.54, 1.807) is 12.1 Å². The second-order valence-electron chi connectivity index (χ2n) is 4.73. The summed E-state index contributed by atoms with van der Waals surface area (Å²) in [6.07, 6.45) is 0.919. The largest absolute Gasteiger partial charge is 0.464 e. The van der Waals surface area contributed by atoms with Gasteiger partial charge in [0.25, 0.3) is 0 Å². The van der Waals surface area contributed by atoms with E-state index in [-0.39, 0.29) is 5.69 Å². The third kappa shape index (κ3) is 4.01. The summed E-state index contributed by atoms with van der Waals surface area (Å²) >= 11 is 0. The average Bonchev–Trinajstić information content (AvgIpc) is 2.81. The van der Waals surface area contributed by atoms with Crippen molar-refractivity contribution in [1.82, 2.24) is 20.0 Å². The number of hydrogen-bond donors (Lipinski definition) is 1. The topological polar surface area (TPSA) is 81.9 Å². The Hall–Kier alpha value is -2.44. The van der Waals surface area contributed by atoms with Gasteiger partial charge >= 0.3 is 5.97 Å². The monoisotopic (exact) mass is 289 g/mol.